The van der Waals surface area contributed by atoms with Gasteiger partial charge < -0.3 is 4.74 Å². The van der Waals surface area contributed by atoms with Crippen LogP contribution in [0.4, 0.5) is 0 Å². The quantitative estimate of drug-likeness (QED) is 0.287. The average Bonchev–Trinajstić information content (AvgIpc) is 2.82. The zero-order valence-corrected chi connectivity index (χ0v) is 20.1. The largest absolute Gasteiger partial charge is 0.494 e. The van der Waals surface area contributed by atoms with Gasteiger partial charge in [-0.2, -0.15) is 0 Å². The lowest BCUT2D eigenvalue weighted by Gasteiger charge is -2.26. The van der Waals surface area contributed by atoms with Crippen LogP contribution in [0, 0.1) is 29.6 Å². The highest BCUT2D eigenvalue weighted by Crippen LogP contribution is 2.36. The molecule has 2 aliphatic rings. The van der Waals surface area contributed by atoms with Crippen molar-refractivity contribution >= 4 is 0 Å². The van der Waals surface area contributed by atoms with Crippen molar-refractivity contribution in [3.8, 4) is 17.6 Å². The van der Waals surface area contributed by atoms with Gasteiger partial charge in [0, 0.05) is 5.92 Å². The van der Waals surface area contributed by atoms with E-state index in [0.29, 0.717) is 11.8 Å². The maximum absolute atomic E-state index is 5.86. The number of allylic oxidation sites excluding steroid dienone is 2. The third-order valence-electron chi connectivity index (χ3n) is 7.42. The first-order chi connectivity index (χ1) is 15.3. The second-order valence-corrected chi connectivity index (χ2v) is 9.89. The van der Waals surface area contributed by atoms with E-state index in [0.717, 1.165) is 30.6 Å². The molecule has 0 aromatic heterocycles. The van der Waals surface area contributed by atoms with Crippen molar-refractivity contribution < 1.29 is 4.74 Å². The fraction of sp³-hybridized carbons (Fsp3) is 0.667. The highest BCUT2D eigenvalue weighted by molar-refractivity contribution is 5.30. The number of hydrogen-bond acceptors (Lipinski definition) is 1. The number of hydrogen-bond donors (Lipinski definition) is 0. The van der Waals surface area contributed by atoms with E-state index in [1.165, 1.54) is 82.6 Å². The SMILES string of the molecule is CCCCCOc1ccc([C@H]2CC[C@H](C#C/C=C/[C@H]3CC[C@H](CCC)CC3)CC2)cc1. The molecular weight excluding hydrogens is 376 g/mol. The zero-order valence-electron chi connectivity index (χ0n) is 20.1. The molecule has 0 N–H and O–H groups in total. The maximum atomic E-state index is 5.86. The van der Waals surface area contributed by atoms with Crippen LogP contribution >= 0.6 is 0 Å². The van der Waals surface area contributed by atoms with Crippen LogP contribution < -0.4 is 4.74 Å². The first-order valence-corrected chi connectivity index (χ1v) is 13.2. The number of ether oxygens (including phenoxy) is 1. The Morgan fingerprint density at radius 3 is 2.29 bits per heavy atom. The van der Waals surface area contributed by atoms with Crippen molar-refractivity contribution in [3.63, 3.8) is 0 Å². The van der Waals surface area contributed by atoms with Crippen LogP contribution in [0.15, 0.2) is 36.4 Å². The van der Waals surface area contributed by atoms with E-state index in [9.17, 15) is 0 Å². The molecule has 0 spiro atoms. The fourth-order valence-corrected chi connectivity index (χ4v) is 5.38. The number of rotatable bonds is 9. The van der Waals surface area contributed by atoms with E-state index in [1.54, 1.807) is 0 Å². The predicted octanol–water partition coefficient (Wildman–Crippen LogP) is 8.70. The van der Waals surface area contributed by atoms with Gasteiger partial charge in [0.15, 0.2) is 0 Å². The van der Waals surface area contributed by atoms with Crippen LogP contribution in [0.2, 0.25) is 0 Å². The minimum Gasteiger partial charge on any atom is -0.494 e. The minimum absolute atomic E-state index is 0.586. The highest BCUT2D eigenvalue weighted by atomic mass is 16.5. The smallest absolute Gasteiger partial charge is 0.119 e. The molecule has 0 bridgehead atoms. The molecule has 1 aromatic rings. The van der Waals surface area contributed by atoms with Crippen molar-refractivity contribution in [2.45, 2.75) is 103 Å². The molecular formula is C30H44O. The third kappa shape index (κ3) is 8.40. The summed E-state index contributed by atoms with van der Waals surface area (Å²) in [7, 11) is 0. The predicted molar refractivity (Wildman–Crippen MR) is 133 cm³/mol. The Morgan fingerprint density at radius 2 is 1.61 bits per heavy atom. The second kappa shape index (κ2) is 13.7. The first kappa shape index (κ1) is 24.0. The Kier molecular flexibility index (Phi) is 10.6. The molecule has 0 aliphatic heterocycles. The topological polar surface area (TPSA) is 9.23 Å². The van der Waals surface area contributed by atoms with Gasteiger partial charge in [-0.3, -0.25) is 0 Å². The Morgan fingerprint density at radius 1 is 0.871 bits per heavy atom. The van der Waals surface area contributed by atoms with Crippen molar-refractivity contribution in [1.29, 1.82) is 0 Å². The standard InChI is InChI=1S/C30H44O/c1-3-5-8-24-31-30-22-20-29(21-23-30)28-18-16-27(17-19-28)11-7-6-10-26-14-12-25(9-4-2)13-15-26/h6,10,20-23,25-28H,3-5,8-9,12-19,24H2,1-2H3/b10-6+/t25-,26-,27-,28-. The van der Waals surface area contributed by atoms with Crippen molar-refractivity contribution in [3.05, 3.63) is 42.0 Å². The second-order valence-electron chi connectivity index (χ2n) is 9.89. The summed E-state index contributed by atoms with van der Waals surface area (Å²) in [5.74, 6) is 11.0. The number of benzene rings is 1. The van der Waals surface area contributed by atoms with E-state index in [4.69, 9.17) is 4.74 Å². The molecule has 0 atom stereocenters. The molecule has 2 saturated carbocycles. The van der Waals surface area contributed by atoms with Crippen LogP contribution in [-0.4, -0.2) is 6.61 Å². The summed E-state index contributed by atoms with van der Waals surface area (Å²) in [4.78, 5) is 0. The van der Waals surface area contributed by atoms with Gasteiger partial charge in [-0.05, 0) is 99.3 Å². The fourth-order valence-electron chi connectivity index (χ4n) is 5.38. The first-order valence-electron chi connectivity index (χ1n) is 13.2. The summed E-state index contributed by atoms with van der Waals surface area (Å²) in [5.41, 5.74) is 1.48. The molecule has 0 unspecified atom stereocenters. The van der Waals surface area contributed by atoms with E-state index < -0.39 is 0 Å². The van der Waals surface area contributed by atoms with E-state index in [2.05, 4.69) is 62.1 Å². The summed E-state index contributed by atoms with van der Waals surface area (Å²) < 4.78 is 5.86. The lowest BCUT2D eigenvalue weighted by molar-refractivity contribution is 0.294. The van der Waals surface area contributed by atoms with Gasteiger partial charge in [0.25, 0.3) is 0 Å². The Balaban J connectivity index is 1.35. The summed E-state index contributed by atoms with van der Waals surface area (Å²) in [6.45, 7) is 5.38. The summed E-state index contributed by atoms with van der Waals surface area (Å²) in [6.07, 6.45) is 21.6. The average molecular weight is 421 g/mol. The molecule has 1 heteroatoms. The molecule has 2 aliphatic carbocycles. The molecule has 1 aromatic carbocycles. The molecule has 0 radical (unpaired) electrons. The van der Waals surface area contributed by atoms with Gasteiger partial charge in [-0.25, -0.2) is 0 Å². The number of unbranched alkanes of at least 4 members (excludes halogenated alkanes) is 2. The van der Waals surface area contributed by atoms with E-state index >= 15 is 0 Å². The van der Waals surface area contributed by atoms with Gasteiger partial charge in [-0.1, -0.05) is 69.6 Å². The van der Waals surface area contributed by atoms with Crippen molar-refractivity contribution in [2.75, 3.05) is 6.61 Å². The molecule has 0 saturated heterocycles. The van der Waals surface area contributed by atoms with Crippen molar-refractivity contribution in [2.24, 2.45) is 17.8 Å². The Hall–Kier alpha value is -1.68. The monoisotopic (exact) mass is 420 g/mol. The van der Waals surface area contributed by atoms with Crippen LogP contribution in [0.5, 0.6) is 5.75 Å². The van der Waals surface area contributed by atoms with Gasteiger partial charge in [0.2, 0.25) is 0 Å². The van der Waals surface area contributed by atoms with Gasteiger partial charge in [-0.15, -0.1) is 0 Å². The molecule has 3 rings (SSSR count). The normalized spacial score (nSPS) is 26.4. The molecule has 0 heterocycles. The zero-order chi connectivity index (χ0) is 21.7. The van der Waals surface area contributed by atoms with Crippen LogP contribution in [-0.2, 0) is 0 Å². The Bertz CT molecular complexity index is 688. The van der Waals surface area contributed by atoms with Crippen LogP contribution in [0.3, 0.4) is 0 Å². The maximum Gasteiger partial charge on any atom is 0.119 e. The van der Waals surface area contributed by atoms with E-state index in [1.807, 2.05) is 0 Å². The molecule has 2 fully saturated rings. The van der Waals surface area contributed by atoms with Gasteiger partial charge in [0.1, 0.15) is 5.75 Å². The third-order valence-corrected chi connectivity index (χ3v) is 7.42. The summed E-state index contributed by atoms with van der Waals surface area (Å²) in [5, 5.41) is 0. The highest BCUT2D eigenvalue weighted by Gasteiger charge is 2.21. The van der Waals surface area contributed by atoms with Crippen LogP contribution in [0.25, 0.3) is 0 Å². The Labute approximate surface area is 192 Å². The van der Waals surface area contributed by atoms with Gasteiger partial charge in [0.05, 0.1) is 6.61 Å². The summed E-state index contributed by atoms with van der Waals surface area (Å²) >= 11 is 0. The lowest BCUT2D eigenvalue weighted by atomic mass is 9.79. The summed E-state index contributed by atoms with van der Waals surface area (Å²) in [6, 6.07) is 8.88. The van der Waals surface area contributed by atoms with Crippen molar-refractivity contribution in [1.82, 2.24) is 0 Å². The molecule has 0 amide bonds. The van der Waals surface area contributed by atoms with Gasteiger partial charge >= 0.3 is 0 Å². The molecule has 31 heavy (non-hydrogen) atoms. The minimum atomic E-state index is 0.586. The molecule has 170 valence electrons. The lowest BCUT2D eigenvalue weighted by Crippen LogP contribution is -2.12. The molecule has 1 nitrogen and oxygen atoms in total. The van der Waals surface area contributed by atoms with Crippen LogP contribution in [0.1, 0.15) is 109 Å². The van der Waals surface area contributed by atoms with E-state index in [-0.39, 0.29) is 0 Å².